The van der Waals surface area contributed by atoms with Crippen molar-refractivity contribution < 1.29 is 23.5 Å². The lowest BCUT2D eigenvalue weighted by Gasteiger charge is -2.37. The van der Waals surface area contributed by atoms with Crippen molar-refractivity contribution in [1.82, 2.24) is 9.88 Å². The smallest absolute Gasteiger partial charge is 0.246 e. The molecule has 5 atom stereocenters. The van der Waals surface area contributed by atoms with E-state index < -0.39 is 14.5 Å². The van der Waals surface area contributed by atoms with E-state index in [4.69, 9.17) is 4.74 Å². The average Bonchev–Trinajstić information content (AvgIpc) is 3.59. The summed E-state index contributed by atoms with van der Waals surface area (Å²) in [6, 6.07) is 23.5. The molecule has 0 spiro atoms. The molecule has 2 aliphatic rings. The van der Waals surface area contributed by atoms with Crippen LogP contribution in [-0.2, 0) is 40.1 Å². The Morgan fingerprint density at radius 1 is 1.02 bits per heavy atom. The van der Waals surface area contributed by atoms with Crippen molar-refractivity contribution in [3.63, 3.8) is 0 Å². The summed E-state index contributed by atoms with van der Waals surface area (Å²) in [5, 5.41) is 14.1. The lowest BCUT2D eigenvalue weighted by Crippen LogP contribution is -2.48. The van der Waals surface area contributed by atoms with Crippen molar-refractivity contribution in [2.45, 2.75) is 82.5 Å². The normalized spacial score (nSPS) is 23.0. The predicted octanol–water partition coefficient (Wildman–Crippen LogP) is 6.57. The second kappa shape index (κ2) is 13.5. The number of hydrogen-bond acceptors (Lipinski definition) is 4. The Kier molecular flexibility index (Phi) is 9.45. The van der Waals surface area contributed by atoms with Crippen LogP contribution in [-0.4, -0.2) is 60.1 Å². The molecule has 9 heteroatoms. The van der Waals surface area contributed by atoms with Gasteiger partial charge in [0.2, 0.25) is 20.2 Å². The Morgan fingerprint density at radius 2 is 1.74 bits per heavy atom. The van der Waals surface area contributed by atoms with Gasteiger partial charge in [0.1, 0.15) is 0 Å². The van der Waals surface area contributed by atoms with Gasteiger partial charge < -0.3 is 29.2 Å². The van der Waals surface area contributed by atoms with Crippen LogP contribution in [0.15, 0.2) is 79.0 Å². The van der Waals surface area contributed by atoms with Crippen molar-refractivity contribution in [2.75, 3.05) is 11.9 Å². The number of hydrogen-bond donors (Lipinski definition) is 3. The van der Waals surface area contributed by atoms with E-state index in [1.54, 1.807) is 18.0 Å². The highest BCUT2D eigenvalue weighted by Crippen LogP contribution is 2.47. The first-order valence-corrected chi connectivity index (χ1v) is 19.3. The highest BCUT2D eigenvalue weighted by atomic mass is 28.4. The van der Waals surface area contributed by atoms with Crippen LogP contribution in [0.25, 0.3) is 10.9 Å². The van der Waals surface area contributed by atoms with E-state index in [1.165, 1.54) is 0 Å². The van der Waals surface area contributed by atoms with Gasteiger partial charge in [-0.1, -0.05) is 61.5 Å². The number of anilines is 1. The summed E-state index contributed by atoms with van der Waals surface area (Å²) in [7, 11) is -3.15. The number of nitrogens with zero attached hydrogens (tertiary/aromatic N) is 1. The lowest BCUT2D eigenvalue weighted by atomic mass is 9.93. The molecule has 7 nitrogen and oxygen atoms in total. The number of fused-ring (bicyclic) bond motifs is 2. The molecule has 0 bridgehead atoms. The largest absolute Gasteiger partial charge is 0.394 e. The molecule has 3 N–H and O–H groups in total. The fourth-order valence-electron chi connectivity index (χ4n) is 7.63. The summed E-state index contributed by atoms with van der Waals surface area (Å²) in [6.45, 7) is 5.85. The van der Waals surface area contributed by atoms with Crippen molar-refractivity contribution >= 4 is 36.8 Å². The maximum absolute atomic E-state index is 15.8. The second-order valence-electron chi connectivity index (χ2n) is 13.5. The minimum atomic E-state index is -3.15. The second-order valence-corrected chi connectivity index (χ2v) is 17.3. The van der Waals surface area contributed by atoms with Crippen LogP contribution < -0.4 is 5.32 Å². The predicted molar refractivity (Wildman–Crippen MR) is 182 cm³/mol. The average molecular weight is 642 g/mol. The van der Waals surface area contributed by atoms with Crippen molar-refractivity contribution in [2.24, 2.45) is 5.92 Å². The van der Waals surface area contributed by atoms with Crippen LogP contribution in [0.3, 0.4) is 0 Å². The van der Waals surface area contributed by atoms with E-state index in [0.29, 0.717) is 13.0 Å². The van der Waals surface area contributed by atoms with Crippen molar-refractivity contribution in [3.8, 4) is 0 Å². The summed E-state index contributed by atoms with van der Waals surface area (Å²) in [6.07, 6.45) is 3.73. The first kappa shape index (κ1) is 32.2. The van der Waals surface area contributed by atoms with E-state index in [9.17, 15) is 14.7 Å². The van der Waals surface area contributed by atoms with E-state index >= 15 is 4.11 Å². The topological polar surface area (TPSA) is 94.7 Å². The minimum absolute atomic E-state index is 0.0109. The first-order valence-electron chi connectivity index (χ1n) is 16.4. The third kappa shape index (κ3) is 6.96. The Hall–Kier alpha value is -3.79. The number of aryl methyl sites for hydroxylation is 1. The van der Waals surface area contributed by atoms with Gasteiger partial charge in [0.25, 0.3) is 0 Å². The van der Waals surface area contributed by atoms with Gasteiger partial charge >= 0.3 is 0 Å². The fraction of sp³-hybridized carbons (Fsp3) is 0.405. The zero-order valence-corrected chi connectivity index (χ0v) is 27.8. The lowest BCUT2D eigenvalue weighted by molar-refractivity contribution is -0.138. The highest BCUT2D eigenvalue weighted by Gasteiger charge is 2.52. The number of ether oxygens (including phenoxy) is 1. The van der Waals surface area contributed by atoms with E-state index in [0.717, 1.165) is 51.7 Å². The Morgan fingerprint density at radius 3 is 2.48 bits per heavy atom. The number of aliphatic hydroxyl groups excluding tert-OH is 1. The molecule has 0 aliphatic carbocycles. The van der Waals surface area contributed by atoms with Crippen LogP contribution in [0.5, 0.6) is 0 Å². The maximum Gasteiger partial charge on any atom is 0.246 e. The molecule has 242 valence electrons. The Balaban J connectivity index is 1.05. The third-order valence-corrected chi connectivity index (χ3v) is 12.4. The van der Waals surface area contributed by atoms with E-state index in [2.05, 4.69) is 23.3 Å². The van der Waals surface area contributed by atoms with Crippen LogP contribution in [0.2, 0.25) is 18.6 Å². The molecule has 46 heavy (non-hydrogen) atoms. The molecule has 4 aromatic rings. The van der Waals surface area contributed by atoms with Gasteiger partial charge in [-0.3, -0.25) is 9.59 Å². The molecule has 1 aromatic heterocycles. The molecular formula is C37H44FN3O4Si. The highest BCUT2D eigenvalue weighted by molar-refractivity contribution is 6.72. The zero-order chi connectivity index (χ0) is 32.4. The van der Waals surface area contributed by atoms with Gasteiger partial charge in [-0.15, -0.1) is 0 Å². The monoisotopic (exact) mass is 641 g/mol. The maximum atomic E-state index is 15.8. The van der Waals surface area contributed by atoms with Gasteiger partial charge in [-0.05, 0) is 78.7 Å². The molecule has 6 rings (SSSR count). The summed E-state index contributed by atoms with van der Waals surface area (Å²) in [5.41, 5.74) is 5.78. The summed E-state index contributed by atoms with van der Waals surface area (Å²) in [5.74, 6) is -0.172. The number of para-hydroxylation sites is 1. The van der Waals surface area contributed by atoms with Crippen LogP contribution in [0.1, 0.15) is 42.0 Å². The first-order chi connectivity index (χ1) is 22.1. The molecule has 0 saturated carbocycles. The number of aromatic nitrogens is 1. The summed E-state index contributed by atoms with van der Waals surface area (Å²) < 4.78 is 22.3. The molecule has 2 amide bonds. The number of amides is 2. The quantitative estimate of drug-likeness (QED) is 0.135. The number of aliphatic hydroxyl groups is 1. The number of halogens is 1. The molecular weight excluding hydrogens is 598 g/mol. The molecule has 2 aliphatic heterocycles. The van der Waals surface area contributed by atoms with Crippen LogP contribution in [0, 0.1) is 5.92 Å². The van der Waals surface area contributed by atoms with Crippen LogP contribution in [0.4, 0.5) is 9.80 Å². The van der Waals surface area contributed by atoms with Crippen LogP contribution >= 0.6 is 0 Å². The number of nitrogens with one attached hydrogen (secondary N) is 2. The van der Waals surface area contributed by atoms with Gasteiger partial charge in [0.05, 0.1) is 37.7 Å². The standard InChI is InChI=1S/C37H44FN3O4Si/c1-24-33(17-14-25-12-15-29(16-13-25)40-35(43)19-28-21-39-32-11-7-6-10-31(28)32)45-34(37(24)46(2,3)38)20-36(44)41-22-27-9-5-4-8-26(27)18-30(41)23-42/h4-13,15-16,21,24,30,33-34,37,39,42H,14,17-20,22-23H2,1-3H3,(H,40,43)/t24-,30-,33+,34-,37+/m0/s1. The minimum Gasteiger partial charge on any atom is -0.394 e. The number of carbonyl (C=O) groups is 2. The molecule has 1 fully saturated rings. The van der Waals surface area contributed by atoms with Gasteiger partial charge in [0, 0.05) is 34.9 Å². The SMILES string of the molecule is C[C@@H]1[C@@H]([Si](C)(C)F)[C@H](CC(=O)N2Cc3ccccc3C[C@H]2CO)O[C@@H]1CCc1ccc(NC(=O)Cc2c[nH]c3ccccc23)cc1. The molecule has 0 radical (unpaired) electrons. The van der Waals surface area contributed by atoms with Gasteiger partial charge in [-0.2, -0.15) is 0 Å². The van der Waals surface area contributed by atoms with E-state index in [1.807, 2.05) is 72.9 Å². The number of carbonyl (C=O) groups excluding carboxylic acids is 2. The number of H-pyrrole nitrogens is 1. The van der Waals surface area contributed by atoms with Gasteiger partial charge in [-0.25, -0.2) is 0 Å². The number of aromatic amines is 1. The Labute approximate surface area is 271 Å². The van der Waals surface area contributed by atoms with E-state index in [-0.39, 0.29) is 54.9 Å². The number of rotatable bonds is 10. The summed E-state index contributed by atoms with van der Waals surface area (Å²) in [4.78, 5) is 31.4. The van der Waals surface area contributed by atoms with Crippen molar-refractivity contribution in [3.05, 3.63) is 101 Å². The Bertz CT molecular complexity index is 1680. The number of benzene rings is 3. The molecule has 3 aromatic carbocycles. The summed E-state index contributed by atoms with van der Waals surface area (Å²) >= 11 is 0. The molecule has 0 unspecified atom stereocenters. The van der Waals surface area contributed by atoms with Crippen molar-refractivity contribution in [1.29, 1.82) is 0 Å². The molecule has 3 heterocycles. The third-order valence-electron chi connectivity index (χ3n) is 9.94. The fourth-order valence-corrected chi connectivity index (χ4v) is 10.2. The zero-order valence-electron chi connectivity index (χ0n) is 26.8. The molecule has 1 saturated heterocycles. The van der Waals surface area contributed by atoms with Gasteiger partial charge in [0.15, 0.2) is 0 Å².